The molecule has 0 saturated heterocycles. The van der Waals surface area contributed by atoms with Crippen molar-refractivity contribution in [2.45, 2.75) is 46.1 Å². The second-order valence-corrected chi connectivity index (χ2v) is 4.66. The molecule has 0 aromatic rings. The van der Waals surface area contributed by atoms with Gasteiger partial charge in [0.25, 0.3) is 0 Å². The number of nitrogens with zero attached hydrogens (tertiary/aromatic N) is 2. The van der Waals surface area contributed by atoms with Gasteiger partial charge in [0, 0.05) is 25.6 Å². The van der Waals surface area contributed by atoms with E-state index in [0.29, 0.717) is 31.7 Å². The molecule has 1 atom stereocenters. The first-order chi connectivity index (χ1) is 7.47. The predicted octanol–water partition coefficient (Wildman–Crippen LogP) is 1.51. The number of amides is 1. The van der Waals surface area contributed by atoms with Crippen molar-refractivity contribution in [3.63, 3.8) is 0 Å². The molecule has 16 heavy (non-hydrogen) atoms. The first-order valence-corrected chi connectivity index (χ1v) is 5.87. The molecule has 0 aliphatic rings. The summed E-state index contributed by atoms with van der Waals surface area (Å²) in [7, 11) is 0. The molecule has 0 aromatic heterocycles. The molecule has 0 spiro atoms. The Balaban J connectivity index is 4.15. The van der Waals surface area contributed by atoms with Gasteiger partial charge in [-0.25, -0.2) is 0 Å². The van der Waals surface area contributed by atoms with Crippen LogP contribution in [0, 0.1) is 17.2 Å². The summed E-state index contributed by atoms with van der Waals surface area (Å²) in [5.41, 5.74) is 5.62. The molecule has 92 valence electrons. The maximum atomic E-state index is 11.8. The quantitative estimate of drug-likeness (QED) is 0.714. The van der Waals surface area contributed by atoms with Crippen molar-refractivity contribution in [1.82, 2.24) is 4.90 Å². The van der Waals surface area contributed by atoms with E-state index in [1.807, 2.05) is 6.92 Å². The molecule has 0 fully saturated rings. The Kier molecular flexibility index (Phi) is 7.57. The van der Waals surface area contributed by atoms with Gasteiger partial charge in [-0.2, -0.15) is 5.26 Å². The molecule has 0 saturated carbocycles. The monoisotopic (exact) mass is 225 g/mol. The van der Waals surface area contributed by atoms with E-state index < -0.39 is 0 Å². The second-order valence-electron chi connectivity index (χ2n) is 4.66. The van der Waals surface area contributed by atoms with E-state index in [1.54, 1.807) is 4.90 Å². The smallest absolute Gasteiger partial charge is 0.222 e. The Morgan fingerprint density at radius 2 is 2.06 bits per heavy atom. The number of rotatable bonds is 7. The lowest BCUT2D eigenvalue weighted by atomic mass is 10.1. The van der Waals surface area contributed by atoms with E-state index in [1.165, 1.54) is 0 Å². The lowest BCUT2D eigenvalue weighted by Gasteiger charge is -2.24. The number of hydrogen-bond donors (Lipinski definition) is 1. The van der Waals surface area contributed by atoms with E-state index in [0.717, 1.165) is 6.54 Å². The van der Waals surface area contributed by atoms with Gasteiger partial charge in [0.05, 0.1) is 12.5 Å². The fraction of sp³-hybridized carbons (Fsp3) is 0.833. The van der Waals surface area contributed by atoms with Crippen LogP contribution in [-0.2, 0) is 4.79 Å². The fourth-order valence-electron chi connectivity index (χ4n) is 1.45. The average Bonchev–Trinajstić information content (AvgIpc) is 2.20. The van der Waals surface area contributed by atoms with Crippen LogP contribution >= 0.6 is 0 Å². The van der Waals surface area contributed by atoms with Crippen molar-refractivity contribution in [3.8, 4) is 6.07 Å². The van der Waals surface area contributed by atoms with Crippen LogP contribution in [0.1, 0.15) is 40.0 Å². The molecule has 0 aliphatic heterocycles. The molecule has 2 N–H and O–H groups in total. The zero-order chi connectivity index (χ0) is 12.6. The Bertz CT molecular complexity index is 243. The van der Waals surface area contributed by atoms with Gasteiger partial charge < -0.3 is 10.6 Å². The highest BCUT2D eigenvalue weighted by Gasteiger charge is 2.14. The third-order valence-electron chi connectivity index (χ3n) is 2.25. The van der Waals surface area contributed by atoms with Gasteiger partial charge >= 0.3 is 0 Å². The van der Waals surface area contributed by atoms with Crippen molar-refractivity contribution in [3.05, 3.63) is 0 Å². The molecule has 0 heterocycles. The molecule has 1 unspecified atom stereocenters. The van der Waals surface area contributed by atoms with Crippen molar-refractivity contribution >= 4 is 5.91 Å². The van der Waals surface area contributed by atoms with Crippen molar-refractivity contribution < 1.29 is 4.79 Å². The average molecular weight is 225 g/mol. The van der Waals surface area contributed by atoms with Gasteiger partial charge in [0.1, 0.15) is 0 Å². The maximum Gasteiger partial charge on any atom is 0.222 e. The SMILES string of the molecule is CC(C)CN(CCC#N)C(=O)CCC(C)N. The van der Waals surface area contributed by atoms with Crippen LogP contribution in [0.3, 0.4) is 0 Å². The van der Waals surface area contributed by atoms with Gasteiger partial charge in [-0.15, -0.1) is 0 Å². The Labute approximate surface area is 98.4 Å². The number of nitrogens with two attached hydrogens (primary N) is 1. The highest BCUT2D eigenvalue weighted by atomic mass is 16.2. The minimum atomic E-state index is 0.0563. The molecule has 4 heteroatoms. The standard InChI is InChI=1S/C12H23N3O/c1-10(2)9-15(8-4-7-13)12(16)6-5-11(3)14/h10-11H,4-6,8-9,14H2,1-3H3. The summed E-state index contributed by atoms with van der Waals surface area (Å²) in [6, 6.07) is 2.13. The summed E-state index contributed by atoms with van der Waals surface area (Å²) in [5.74, 6) is 0.541. The molecule has 0 aliphatic carbocycles. The van der Waals surface area contributed by atoms with Crippen LogP contribution in [0.25, 0.3) is 0 Å². The second kappa shape index (κ2) is 8.12. The van der Waals surface area contributed by atoms with Crippen molar-refractivity contribution in [2.24, 2.45) is 11.7 Å². The summed E-state index contributed by atoms with van der Waals surface area (Å²) in [4.78, 5) is 13.6. The molecule has 0 aromatic carbocycles. The third kappa shape index (κ3) is 7.24. The van der Waals surface area contributed by atoms with Gasteiger partial charge in [-0.1, -0.05) is 13.8 Å². The number of nitriles is 1. The zero-order valence-corrected chi connectivity index (χ0v) is 10.6. The first-order valence-electron chi connectivity index (χ1n) is 5.87. The lowest BCUT2D eigenvalue weighted by Crippen LogP contribution is -2.35. The minimum absolute atomic E-state index is 0.0563. The lowest BCUT2D eigenvalue weighted by molar-refractivity contribution is -0.131. The van der Waals surface area contributed by atoms with Gasteiger partial charge in [0.2, 0.25) is 5.91 Å². The van der Waals surface area contributed by atoms with Crippen LogP contribution in [-0.4, -0.2) is 29.9 Å². The van der Waals surface area contributed by atoms with E-state index in [2.05, 4.69) is 19.9 Å². The van der Waals surface area contributed by atoms with Crippen molar-refractivity contribution in [2.75, 3.05) is 13.1 Å². The molecule has 4 nitrogen and oxygen atoms in total. The highest BCUT2D eigenvalue weighted by molar-refractivity contribution is 5.76. The Morgan fingerprint density at radius 3 is 2.50 bits per heavy atom. The van der Waals surface area contributed by atoms with Crippen LogP contribution in [0.15, 0.2) is 0 Å². The van der Waals surface area contributed by atoms with Gasteiger partial charge in [0.15, 0.2) is 0 Å². The van der Waals surface area contributed by atoms with Gasteiger partial charge in [-0.05, 0) is 19.3 Å². The molecule has 0 radical (unpaired) electrons. The highest BCUT2D eigenvalue weighted by Crippen LogP contribution is 2.05. The zero-order valence-electron chi connectivity index (χ0n) is 10.6. The van der Waals surface area contributed by atoms with Crippen LogP contribution in [0.4, 0.5) is 0 Å². The molecular formula is C12H23N3O. The third-order valence-corrected chi connectivity index (χ3v) is 2.25. The van der Waals surface area contributed by atoms with Crippen molar-refractivity contribution in [1.29, 1.82) is 5.26 Å². The summed E-state index contributed by atoms with van der Waals surface area (Å²) >= 11 is 0. The summed E-state index contributed by atoms with van der Waals surface area (Å²) in [6.07, 6.45) is 1.59. The molecular weight excluding hydrogens is 202 g/mol. The van der Waals surface area contributed by atoms with E-state index in [9.17, 15) is 4.79 Å². The maximum absolute atomic E-state index is 11.8. The summed E-state index contributed by atoms with van der Waals surface area (Å²) in [5, 5.41) is 8.54. The Hall–Kier alpha value is -1.08. The van der Waals surface area contributed by atoms with Gasteiger partial charge in [-0.3, -0.25) is 4.79 Å². The summed E-state index contributed by atoms with van der Waals surface area (Å²) in [6.45, 7) is 7.29. The van der Waals surface area contributed by atoms with Crippen LogP contribution in [0.5, 0.6) is 0 Å². The number of carbonyl (C=O) groups is 1. The summed E-state index contributed by atoms with van der Waals surface area (Å²) < 4.78 is 0. The molecule has 0 bridgehead atoms. The molecule has 1 amide bonds. The largest absolute Gasteiger partial charge is 0.341 e. The predicted molar refractivity (Wildman–Crippen MR) is 64.5 cm³/mol. The minimum Gasteiger partial charge on any atom is -0.341 e. The van der Waals surface area contributed by atoms with E-state index in [4.69, 9.17) is 11.0 Å². The molecule has 0 rings (SSSR count). The van der Waals surface area contributed by atoms with E-state index >= 15 is 0 Å². The Morgan fingerprint density at radius 1 is 1.44 bits per heavy atom. The van der Waals surface area contributed by atoms with E-state index in [-0.39, 0.29) is 11.9 Å². The normalized spacial score (nSPS) is 12.2. The van der Waals surface area contributed by atoms with Crippen LogP contribution in [0.2, 0.25) is 0 Å². The fourth-order valence-corrected chi connectivity index (χ4v) is 1.45. The topological polar surface area (TPSA) is 70.1 Å². The number of carbonyl (C=O) groups excluding carboxylic acids is 1. The number of hydrogen-bond acceptors (Lipinski definition) is 3. The van der Waals surface area contributed by atoms with Crippen LogP contribution < -0.4 is 5.73 Å². The first kappa shape index (κ1) is 14.9.